The summed E-state index contributed by atoms with van der Waals surface area (Å²) < 4.78 is 0. The predicted octanol–water partition coefficient (Wildman–Crippen LogP) is 3.54. The molecule has 0 heterocycles. The first-order chi connectivity index (χ1) is 7.54. The molecule has 0 aromatic heterocycles. The van der Waals surface area contributed by atoms with E-state index < -0.39 is 0 Å². The highest BCUT2D eigenvalue weighted by atomic mass is 16.3. The van der Waals surface area contributed by atoms with Gasteiger partial charge in [-0.3, -0.25) is 0 Å². The zero-order valence-electron chi connectivity index (χ0n) is 9.33. The minimum absolute atomic E-state index is 0.242. The van der Waals surface area contributed by atoms with Crippen molar-refractivity contribution < 1.29 is 5.11 Å². The molecule has 1 rings (SSSR count). The Hall–Kier alpha value is -2.20. The van der Waals surface area contributed by atoms with E-state index in [1.165, 1.54) is 0 Å². The monoisotopic (exact) mass is 210 g/mol. The number of terminal acetylenes is 1. The molecule has 1 aromatic rings. The van der Waals surface area contributed by atoms with Crippen molar-refractivity contribution >= 4 is 5.57 Å². The highest BCUT2D eigenvalue weighted by molar-refractivity contribution is 5.77. The van der Waals surface area contributed by atoms with Crippen LogP contribution >= 0.6 is 0 Å². The average molecular weight is 210 g/mol. The Kier molecular flexibility index (Phi) is 3.74. The number of hydrogen-bond donors (Lipinski definition) is 1. The number of aromatic hydroxyl groups is 1. The Labute approximate surface area is 96.4 Å². The largest absolute Gasteiger partial charge is 0.508 e. The van der Waals surface area contributed by atoms with Gasteiger partial charge in [-0.05, 0) is 41.8 Å². The van der Waals surface area contributed by atoms with E-state index in [9.17, 15) is 5.11 Å². The van der Waals surface area contributed by atoms with Gasteiger partial charge < -0.3 is 5.11 Å². The Balaban J connectivity index is 2.95. The Morgan fingerprint density at radius 3 is 2.38 bits per heavy atom. The quantitative estimate of drug-likeness (QED) is 0.597. The van der Waals surface area contributed by atoms with Crippen molar-refractivity contribution in [1.29, 1.82) is 0 Å². The molecular weight excluding hydrogens is 196 g/mol. The normalized spacial score (nSPS) is 10.6. The van der Waals surface area contributed by atoms with Crippen LogP contribution in [0.5, 0.6) is 5.75 Å². The lowest BCUT2D eigenvalue weighted by Gasteiger charge is -2.06. The maximum Gasteiger partial charge on any atom is 0.115 e. The molecule has 1 N–H and O–H groups in total. The van der Waals surface area contributed by atoms with E-state index >= 15 is 0 Å². The highest BCUT2D eigenvalue weighted by Crippen LogP contribution is 2.23. The summed E-state index contributed by atoms with van der Waals surface area (Å²) in [7, 11) is 0. The van der Waals surface area contributed by atoms with Gasteiger partial charge in [-0.15, -0.1) is 6.42 Å². The van der Waals surface area contributed by atoms with Gasteiger partial charge in [-0.1, -0.05) is 31.2 Å². The fraction of sp³-hybridized carbons (Fsp3) is 0.0667. The molecule has 80 valence electrons. The van der Waals surface area contributed by atoms with Gasteiger partial charge in [0, 0.05) is 5.57 Å². The summed E-state index contributed by atoms with van der Waals surface area (Å²) >= 11 is 0. The minimum atomic E-state index is 0.242. The van der Waals surface area contributed by atoms with Crippen molar-refractivity contribution in [2.75, 3.05) is 0 Å². The van der Waals surface area contributed by atoms with Crippen LogP contribution in [0.25, 0.3) is 5.57 Å². The highest BCUT2D eigenvalue weighted by Gasteiger charge is 2.01. The first-order valence-corrected chi connectivity index (χ1v) is 4.87. The fourth-order valence-electron chi connectivity index (χ4n) is 1.28. The lowest BCUT2D eigenvalue weighted by Crippen LogP contribution is -1.85. The molecule has 0 unspecified atom stereocenters. The van der Waals surface area contributed by atoms with E-state index in [0.29, 0.717) is 5.57 Å². The second-order valence-corrected chi connectivity index (χ2v) is 3.52. The molecule has 0 saturated heterocycles. The van der Waals surface area contributed by atoms with Gasteiger partial charge in [0.05, 0.1) is 0 Å². The molecule has 0 fully saturated rings. The van der Waals surface area contributed by atoms with Gasteiger partial charge in [0.2, 0.25) is 0 Å². The third kappa shape index (κ3) is 2.90. The molecule has 0 saturated carbocycles. The predicted molar refractivity (Wildman–Crippen MR) is 68.9 cm³/mol. The van der Waals surface area contributed by atoms with Crippen molar-refractivity contribution in [3.8, 4) is 18.1 Å². The molecule has 0 bridgehead atoms. The van der Waals surface area contributed by atoms with E-state index in [0.717, 1.165) is 16.7 Å². The van der Waals surface area contributed by atoms with Crippen LogP contribution in [0.3, 0.4) is 0 Å². The van der Waals surface area contributed by atoms with Crippen LogP contribution in [0.1, 0.15) is 12.5 Å². The van der Waals surface area contributed by atoms with Crippen LogP contribution in [0.15, 0.2) is 54.6 Å². The summed E-state index contributed by atoms with van der Waals surface area (Å²) in [5, 5.41) is 9.18. The summed E-state index contributed by atoms with van der Waals surface area (Å²) in [5.41, 5.74) is 3.42. The molecule has 0 radical (unpaired) electrons. The van der Waals surface area contributed by atoms with Crippen molar-refractivity contribution in [3.05, 3.63) is 60.2 Å². The molecule has 1 aromatic carbocycles. The van der Waals surface area contributed by atoms with E-state index in [1.54, 1.807) is 12.1 Å². The molecule has 0 amide bonds. The summed E-state index contributed by atoms with van der Waals surface area (Å²) in [6.45, 7) is 9.62. The topological polar surface area (TPSA) is 20.2 Å². The summed E-state index contributed by atoms with van der Waals surface area (Å²) in [6.07, 6.45) is 7.04. The molecule has 0 atom stereocenters. The number of phenolic OH excluding ortho intramolecular Hbond substituents is 1. The standard InChI is InChI=1S/C15H14O/c1-5-11(2)10-12(3)13(4)14-6-8-15(16)9-7-14/h1,6-10,16H,2,4H2,3H3/b12-10-. The minimum Gasteiger partial charge on any atom is -0.508 e. The second kappa shape index (κ2) is 5.04. The molecule has 0 aliphatic carbocycles. The van der Waals surface area contributed by atoms with Gasteiger partial charge in [-0.25, -0.2) is 0 Å². The number of allylic oxidation sites excluding steroid dienone is 4. The van der Waals surface area contributed by atoms with Crippen LogP contribution in [-0.4, -0.2) is 5.11 Å². The Morgan fingerprint density at radius 2 is 1.88 bits per heavy atom. The van der Waals surface area contributed by atoms with E-state index in [1.807, 2.05) is 25.1 Å². The van der Waals surface area contributed by atoms with Crippen LogP contribution in [0, 0.1) is 12.3 Å². The van der Waals surface area contributed by atoms with Crippen LogP contribution < -0.4 is 0 Å². The number of hydrogen-bond acceptors (Lipinski definition) is 1. The van der Waals surface area contributed by atoms with Gasteiger partial charge in [0.1, 0.15) is 5.75 Å². The first kappa shape index (κ1) is 11.9. The third-order valence-corrected chi connectivity index (χ3v) is 2.27. The lowest BCUT2D eigenvalue weighted by molar-refractivity contribution is 0.475. The van der Waals surface area contributed by atoms with Gasteiger partial charge in [0.25, 0.3) is 0 Å². The lowest BCUT2D eigenvalue weighted by atomic mass is 9.99. The smallest absolute Gasteiger partial charge is 0.115 e. The SMILES string of the molecule is C#CC(=C)/C=C(/C)C(=C)c1ccc(O)cc1. The van der Waals surface area contributed by atoms with Crippen molar-refractivity contribution in [3.63, 3.8) is 0 Å². The summed E-state index contributed by atoms with van der Waals surface area (Å²) in [4.78, 5) is 0. The molecule has 0 spiro atoms. The maximum absolute atomic E-state index is 9.18. The van der Waals surface area contributed by atoms with E-state index in [2.05, 4.69) is 19.1 Å². The van der Waals surface area contributed by atoms with Crippen LogP contribution in [-0.2, 0) is 0 Å². The van der Waals surface area contributed by atoms with Crippen molar-refractivity contribution in [2.45, 2.75) is 6.92 Å². The Morgan fingerprint density at radius 1 is 1.31 bits per heavy atom. The number of benzene rings is 1. The van der Waals surface area contributed by atoms with Crippen molar-refractivity contribution in [1.82, 2.24) is 0 Å². The van der Waals surface area contributed by atoms with Crippen molar-refractivity contribution in [2.24, 2.45) is 0 Å². The molecule has 1 nitrogen and oxygen atoms in total. The zero-order chi connectivity index (χ0) is 12.1. The number of rotatable bonds is 3. The second-order valence-electron chi connectivity index (χ2n) is 3.52. The first-order valence-electron chi connectivity index (χ1n) is 4.87. The Bertz CT molecular complexity index is 481. The number of phenols is 1. The molecule has 0 aliphatic heterocycles. The average Bonchev–Trinajstić information content (AvgIpc) is 2.28. The summed E-state index contributed by atoms with van der Waals surface area (Å²) in [5.74, 6) is 2.70. The zero-order valence-corrected chi connectivity index (χ0v) is 9.33. The molecule has 0 aliphatic rings. The van der Waals surface area contributed by atoms with E-state index in [4.69, 9.17) is 6.42 Å². The summed E-state index contributed by atoms with van der Waals surface area (Å²) in [6, 6.07) is 6.88. The molecule has 1 heteroatoms. The maximum atomic E-state index is 9.18. The van der Waals surface area contributed by atoms with E-state index in [-0.39, 0.29) is 5.75 Å². The van der Waals surface area contributed by atoms with Crippen LogP contribution in [0.4, 0.5) is 0 Å². The molecular formula is C15H14O. The van der Waals surface area contributed by atoms with Gasteiger partial charge >= 0.3 is 0 Å². The van der Waals surface area contributed by atoms with Crippen LogP contribution in [0.2, 0.25) is 0 Å². The fourth-order valence-corrected chi connectivity index (χ4v) is 1.28. The van der Waals surface area contributed by atoms with Gasteiger partial charge in [0.15, 0.2) is 0 Å². The van der Waals surface area contributed by atoms with Gasteiger partial charge in [-0.2, -0.15) is 0 Å². The third-order valence-electron chi connectivity index (χ3n) is 2.27. The molecule has 16 heavy (non-hydrogen) atoms.